The highest BCUT2D eigenvalue weighted by Crippen LogP contribution is 2.45. The van der Waals surface area contributed by atoms with Crippen molar-refractivity contribution in [2.24, 2.45) is 0 Å². The highest BCUT2D eigenvalue weighted by atomic mass is 31.2. The summed E-state index contributed by atoms with van der Waals surface area (Å²) >= 11 is 0. The normalized spacial score (nSPS) is 14.4. The van der Waals surface area contributed by atoms with Crippen LogP contribution in [-0.4, -0.2) is 96.7 Å². The second kappa shape index (κ2) is 73.3. The van der Waals surface area contributed by atoms with E-state index in [1.54, 1.807) is 0 Å². The number of aliphatic hydroxyl groups excluding tert-OH is 1. The van der Waals surface area contributed by atoms with Gasteiger partial charge in [0.1, 0.15) is 19.3 Å². The van der Waals surface area contributed by atoms with Crippen molar-refractivity contribution in [3.05, 3.63) is 97.2 Å². The molecule has 0 aliphatic heterocycles. The van der Waals surface area contributed by atoms with E-state index in [-0.39, 0.29) is 25.7 Å². The maximum atomic E-state index is 13.1. The first-order valence-corrected chi connectivity index (χ1v) is 42.5. The number of unbranched alkanes of at least 4 members (excludes halogenated alkanes) is 32. The first kappa shape index (κ1) is 96.0. The molecule has 17 nitrogen and oxygen atoms in total. The lowest BCUT2D eigenvalue weighted by molar-refractivity contribution is -0.161. The predicted octanol–water partition coefficient (Wildman–Crippen LogP) is 22.8. The minimum atomic E-state index is -5.00. The van der Waals surface area contributed by atoms with E-state index in [9.17, 15) is 43.2 Å². The average molecular weight is 1450 g/mol. The van der Waals surface area contributed by atoms with Crippen LogP contribution < -0.4 is 0 Å². The van der Waals surface area contributed by atoms with Gasteiger partial charge >= 0.3 is 39.5 Å². The van der Waals surface area contributed by atoms with Crippen molar-refractivity contribution in [3.8, 4) is 0 Å². The molecule has 0 amide bonds. The van der Waals surface area contributed by atoms with E-state index in [1.807, 2.05) is 18.2 Å². The summed E-state index contributed by atoms with van der Waals surface area (Å²) in [4.78, 5) is 72.9. The number of hydrogen-bond acceptors (Lipinski definition) is 15. The average Bonchev–Trinajstić information content (AvgIpc) is 0.934. The Morgan fingerprint density at radius 1 is 0.280 bits per heavy atom. The number of esters is 4. The quantitative estimate of drug-likeness (QED) is 0.0169. The maximum Gasteiger partial charge on any atom is 0.472 e. The van der Waals surface area contributed by atoms with Gasteiger partial charge in [-0.25, -0.2) is 9.13 Å². The first-order valence-electron chi connectivity index (χ1n) is 39.5. The Balaban J connectivity index is 5.42. The van der Waals surface area contributed by atoms with E-state index in [0.717, 1.165) is 141 Å². The number of rotatable bonds is 74. The molecule has 0 fully saturated rings. The number of carbonyl (C=O) groups excluding carboxylic acids is 4. The van der Waals surface area contributed by atoms with Crippen molar-refractivity contribution < 1.29 is 80.2 Å². The Labute approximate surface area is 607 Å². The van der Waals surface area contributed by atoms with Gasteiger partial charge in [-0.1, -0.05) is 266 Å². The van der Waals surface area contributed by atoms with Gasteiger partial charge in [-0.3, -0.25) is 37.3 Å². The van der Waals surface area contributed by atoms with Gasteiger partial charge in [0.15, 0.2) is 12.2 Å². The van der Waals surface area contributed by atoms with Crippen LogP contribution in [0.15, 0.2) is 97.2 Å². The smallest absolute Gasteiger partial charge is 0.462 e. The van der Waals surface area contributed by atoms with Gasteiger partial charge in [0, 0.05) is 25.7 Å². The molecule has 2 unspecified atom stereocenters. The van der Waals surface area contributed by atoms with E-state index in [1.165, 1.54) is 109 Å². The molecule has 19 heteroatoms. The molecule has 0 aliphatic rings. The maximum absolute atomic E-state index is 13.1. The molecule has 0 saturated heterocycles. The van der Waals surface area contributed by atoms with Crippen LogP contribution in [-0.2, 0) is 65.4 Å². The third-order valence-corrected chi connectivity index (χ3v) is 18.4. The molecule has 0 aromatic carbocycles. The second-order valence-electron chi connectivity index (χ2n) is 26.3. The third-order valence-electron chi connectivity index (χ3n) is 16.5. The van der Waals surface area contributed by atoms with Crippen LogP contribution >= 0.6 is 15.6 Å². The summed E-state index contributed by atoms with van der Waals surface area (Å²) in [6, 6.07) is 0. The van der Waals surface area contributed by atoms with Crippen LogP contribution in [0.2, 0.25) is 0 Å². The highest BCUT2D eigenvalue weighted by molar-refractivity contribution is 7.47. The SMILES string of the molecule is CCCCC/C=C\C/C=C\C/C=C\C/C=C\C/C=C\CCC(=O)O[C@H](COC(=O)CCCCCCC/C=C\CCCCCCCC)COP(=O)(O)OC[C@@H](O)COP(=O)(O)OC[C@@H](COC(=O)CCCCCCC/C=C\CCCCCC)OC(=O)CCCCCCC/C=C\CCCCCC. The van der Waals surface area contributed by atoms with Crippen molar-refractivity contribution in [2.45, 2.75) is 354 Å². The van der Waals surface area contributed by atoms with Gasteiger partial charge in [-0.15, -0.1) is 0 Å². The van der Waals surface area contributed by atoms with Crippen LogP contribution in [0.5, 0.6) is 0 Å². The minimum Gasteiger partial charge on any atom is -0.462 e. The Kier molecular flexibility index (Phi) is 70.4. The lowest BCUT2D eigenvalue weighted by Gasteiger charge is -2.21. The number of ether oxygens (including phenoxy) is 4. The largest absolute Gasteiger partial charge is 0.472 e. The molecule has 0 spiro atoms. The summed E-state index contributed by atoms with van der Waals surface area (Å²) in [7, 11) is -9.98. The van der Waals surface area contributed by atoms with Crippen LogP contribution in [0, 0.1) is 0 Å². The van der Waals surface area contributed by atoms with Gasteiger partial charge in [-0.2, -0.15) is 0 Å². The zero-order valence-corrected chi connectivity index (χ0v) is 64.9. The monoisotopic (exact) mass is 1450 g/mol. The minimum absolute atomic E-state index is 0.0298. The molecule has 0 saturated carbocycles. The Morgan fingerprint density at radius 3 is 0.850 bits per heavy atom. The van der Waals surface area contributed by atoms with Gasteiger partial charge in [0.2, 0.25) is 0 Å². The van der Waals surface area contributed by atoms with Crippen molar-refractivity contribution in [2.75, 3.05) is 39.6 Å². The fourth-order valence-corrected chi connectivity index (χ4v) is 12.0. The van der Waals surface area contributed by atoms with E-state index >= 15 is 0 Å². The molecule has 3 N–H and O–H groups in total. The molecule has 0 aromatic rings. The van der Waals surface area contributed by atoms with E-state index in [4.69, 9.17) is 37.0 Å². The Morgan fingerprint density at radius 2 is 0.510 bits per heavy atom. The molecule has 0 bridgehead atoms. The Bertz CT molecular complexity index is 2270. The molecule has 100 heavy (non-hydrogen) atoms. The van der Waals surface area contributed by atoms with Crippen LogP contribution in [0.25, 0.3) is 0 Å². The van der Waals surface area contributed by atoms with E-state index in [2.05, 4.69) is 107 Å². The van der Waals surface area contributed by atoms with Gasteiger partial charge in [0.05, 0.1) is 26.4 Å². The molecule has 0 aliphatic carbocycles. The summed E-state index contributed by atoms with van der Waals surface area (Å²) in [5.74, 6) is -2.29. The lowest BCUT2D eigenvalue weighted by atomic mass is 10.1. The van der Waals surface area contributed by atoms with Crippen molar-refractivity contribution >= 4 is 39.5 Å². The number of hydrogen-bond donors (Lipinski definition) is 3. The number of allylic oxidation sites excluding steroid dienone is 16. The standard InChI is InChI=1S/C81H142O17P2/c1-5-9-13-17-21-25-29-33-35-36-37-38-40-44-48-52-56-60-64-68-81(86)98-77(72-92-79(84)66-62-58-54-50-46-43-39-34-30-26-22-18-14-10-6-2)74-96-100(89,90)94-70-75(82)69-93-99(87,88)95-73-76(97-80(85)67-63-59-55-51-47-42-32-28-24-20-16-12-8-4)71-91-78(83)65-61-57-53-49-45-41-31-27-23-19-15-11-7-3/h21,25,27-28,31-35,37-39,44,48,56,60,75-77,82H,5-20,22-24,26,29-30,36,40-43,45-47,49-55,57-59,61-74H2,1-4H3,(H,87,88)(H,89,90)/b25-21-,31-27-,32-28-,35-33-,38-37-,39-34-,48-44-,60-56-/t75-,76+,77+/m0/s1. The molecule has 578 valence electrons. The zero-order valence-electron chi connectivity index (χ0n) is 63.1. The van der Waals surface area contributed by atoms with Crippen LogP contribution in [0.1, 0.15) is 336 Å². The van der Waals surface area contributed by atoms with E-state index in [0.29, 0.717) is 32.1 Å². The first-order chi connectivity index (χ1) is 48.7. The molecular weight excluding hydrogens is 1310 g/mol. The number of carbonyl (C=O) groups is 4. The van der Waals surface area contributed by atoms with Crippen molar-refractivity contribution in [1.29, 1.82) is 0 Å². The predicted molar refractivity (Wildman–Crippen MR) is 409 cm³/mol. The summed E-state index contributed by atoms with van der Waals surface area (Å²) in [5.41, 5.74) is 0. The molecule has 0 heterocycles. The summed E-state index contributed by atoms with van der Waals surface area (Å²) in [6.07, 6.45) is 76.9. The molecule has 0 rings (SSSR count). The summed E-state index contributed by atoms with van der Waals surface area (Å²) < 4.78 is 68.4. The zero-order chi connectivity index (χ0) is 73.2. The van der Waals surface area contributed by atoms with E-state index < -0.39 is 97.5 Å². The van der Waals surface area contributed by atoms with Gasteiger partial charge in [-0.05, 0) is 141 Å². The van der Waals surface area contributed by atoms with Crippen molar-refractivity contribution in [1.82, 2.24) is 0 Å². The van der Waals surface area contributed by atoms with Gasteiger partial charge < -0.3 is 33.8 Å². The third kappa shape index (κ3) is 72.3. The van der Waals surface area contributed by atoms with Crippen LogP contribution in [0.3, 0.4) is 0 Å². The fraction of sp³-hybridized carbons (Fsp3) is 0.753. The van der Waals surface area contributed by atoms with Gasteiger partial charge in [0.25, 0.3) is 0 Å². The fourth-order valence-electron chi connectivity index (χ4n) is 10.4. The number of phosphoric acid groups is 2. The topological polar surface area (TPSA) is 237 Å². The molecular formula is C81H142O17P2. The summed E-state index contributed by atoms with van der Waals surface area (Å²) in [5, 5.41) is 10.6. The second-order valence-corrected chi connectivity index (χ2v) is 29.2. The number of aliphatic hydroxyl groups is 1. The van der Waals surface area contributed by atoms with Crippen LogP contribution in [0.4, 0.5) is 0 Å². The molecule has 5 atom stereocenters. The summed E-state index contributed by atoms with van der Waals surface area (Å²) in [6.45, 7) is 4.72. The lowest BCUT2D eigenvalue weighted by Crippen LogP contribution is -2.30. The molecule has 0 radical (unpaired) electrons. The highest BCUT2D eigenvalue weighted by Gasteiger charge is 2.30. The van der Waals surface area contributed by atoms with Crippen molar-refractivity contribution in [3.63, 3.8) is 0 Å². The molecule has 0 aromatic heterocycles. The Hall–Kier alpha value is -4.02. The number of phosphoric ester groups is 2.